The van der Waals surface area contributed by atoms with Gasteiger partial charge in [0.1, 0.15) is 0 Å². The Bertz CT molecular complexity index is 738. The molecule has 138 valence electrons. The van der Waals surface area contributed by atoms with Gasteiger partial charge < -0.3 is 14.8 Å². The van der Waals surface area contributed by atoms with E-state index in [0.717, 1.165) is 0 Å². The number of nitrogens with one attached hydrogen (secondary N) is 1. The molecule has 5 heteroatoms. The molecule has 5 nitrogen and oxygen atoms in total. The molecule has 0 unspecified atom stereocenters. The number of para-hydroxylation sites is 2. The zero-order chi connectivity index (χ0) is 18.9. The first-order valence-electron chi connectivity index (χ1n) is 8.77. The van der Waals surface area contributed by atoms with E-state index in [2.05, 4.69) is 5.32 Å². The van der Waals surface area contributed by atoms with Crippen LogP contribution in [0.5, 0.6) is 11.5 Å². The van der Waals surface area contributed by atoms with E-state index in [0.29, 0.717) is 41.7 Å². The molecule has 1 amide bonds. The summed E-state index contributed by atoms with van der Waals surface area (Å²) >= 11 is 0. The Hall–Kier alpha value is -2.82. The van der Waals surface area contributed by atoms with Gasteiger partial charge >= 0.3 is 0 Å². The highest BCUT2D eigenvalue weighted by molar-refractivity contribution is 5.98. The number of anilines is 1. The number of rotatable bonds is 9. The number of carbonyl (C=O) groups is 2. The van der Waals surface area contributed by atoms with Crippen LogP contribution in [0.3, 0.4) is 0 Å². The minimum atomic E-state index is -0.142. The van der Waals surface area contributed by atoms with Crippen molar-refractivity contribution in [2.24, 2.45) is 5.92 Å². The molecule has 2 rings (SSSR count). The largest absolute Gasteiger partial charge is 0.490 e. The number of amides is 1. The quantitative estimate of drug-likeness (QED) is 0.680. The van der Waals surface area contributed by atoms with Crippen LogP contribution in [-0.2, 0) is 4.79 Å². The summed E-state index contributed by atoms with van der Waals surface area (Å²) in [6, 6.07) is 14.1. The van der Waals surface area contributed by atoms with Crippen LogP contribution < -0.4 is 14.8 Å². The molecule has 0 spiro atoms. The minimum Gasteiger partial charge on any atom is -0.490 e. The number of ketones is 1. The van der Waals surface area contributed by atoms with Gasteiger partial charge in [-0.25, -0.2) is 0 Å². The Labute approximate surface area is 154 Å². The van der Waals surface area contributed by atoms with Gasteiger partial charge in [0.25, 0.3) is 0 Å². The van der Waals surface area contributed by atoms with E-state index in [1.807, 2.05) is 32.9 Å². The van der Waals surface area contributed by atoms with Crippen LogP contribution in [0.2, 0.25) is 0 Å². The van der Waals surface area contributed by atoms with Crippen LogP contribution >= 0.6 is 0 Å². The van der Waals surface area contributed by atoms with Gasteiger partial charge in [-0.2, -0.15) is 0 Å². The second kappa shape index (κ2) is 9.61. The molecule has 0 aromatic heterocycles. The second-order valence-electron chi connectivity index (χ2n) is 6.32. The maximum atomic E-state index is 12.3. The van der Waals surface area contributed by atoms with Crippen molar-refractivity contribution >= 4 is 17.4 Å². The molecule has 0 atom stereocenters. The highest BCUT2D eigenvalue weighted by atomic mass is 16.5. The molecule has 1 N–H and O–H groups in total. The standard InChI is InChI=1S/C21H25NO4/c1-4-25-19-7-5-6-8-20(19)26-14-18(23)16-9-11-17(12-10-16)22-21(24)13-15(2)3/h5-12,15H,4,13-14H2,1-3H3,(H,22,24). The molecular formula is C21H25NO4. The first kappa shape index (κ1) is 19.5. The van der Waals surface area contributed by atoms with E-state index in [-0.39, 0.29) is 18.3 Å². The highest BCUT2D eigenvalue weighted by Gasteiger charge is 2.10. The van der Waals surface area contributed by atoms with E-state index in [1.165, 1.54) is 0 Å². The molecule has 2 aromatic carbocycles. The summed E-state index contributed by atoms with van der Waals surface area (Å²) in [5.41, 5.74) is 1.20. The van der Waals surface area contributed by atoms with Crippen LogP contribution in [0.4, 0.5) is 5.69 Å². The van der Waals surface area contributed by atoms with Crippen molar-refractivity contribution < 1.29 is 19.1 Å². The molecule has 0 fully saturated rings. The van der Waals surface area contributed by atoms with Gasteiger partial charge in [0.2, 0.25) is 5.91 Å². The Morgan fingerprint density at radius 2 is 1.58 bits per heavy atom. The molecular weight excluding hydrogens is 330 g/mol. The summed E-state index contributed by atoms with van der Waals surface area (Å²) in [5.74, 6) is 1.28. The third-order valence-electron chi connectivity index (χ3n) is 3.59. The fraction of sp³-hybridized carbons (Fsp3) is 0.333. The summed E-state index contributed by atoms with van der Waals surface area (Å²) in [4.78, 5) is 24.1. The normalized spacial score (nSPS) is 10.5. The molecule has 2 aromatic rings. The molecule has 0 saturated carbocycles. The van der Waals surface area contributed by atoms with Crippen molar-refractivity contribution in [1.29, 1.82) is 0 Å². The number of carbonyl (C=O) groups excluding carboxylic acids is 2. The summed E-state index contributed by atoms with van der Waals surface area (Å²) in [6.07, 6.45) is 0.466. The fourth-order valence-corrected chi connectivity index (χ4v) is 2.39. The maximum Gasteiger partial charge on any atom is 0.224 e. The van der Waals surface area contributed by atoms with Crippen LogP contribution in [-0.4, -0.2) is 24.9 Å². The Morgan fingerprint density at radius 3 is 2.15 bits per heavy atom. The number of hydrogen-bond acceptors (Lipinski definition) is 4. The van der Waals surface area contributed by atoms with Crippen molar-refractivity contribution in [2.75, 3.05) is 18.5 Å². The summed E-state index contributed by atoms with van der Waals surface area (Å²) in [6.45, 7) is 6.32. The van der Waals surface area contributed by atoms with Gasteiger partial charge in [-0.15, -0.1) is 0 Å². The second-order valence-corrected chi connectivity index (χ2v) is 6.32. The lowest BCUT2D eigenvalue weighted by Crippen LogP contribution is -2.14. The van der Waals surface area contributed by atoms with Gasteiger partial charge in [0.05, 0.1) is 6.61 Å². The van der Waals surface area contributed by atoms with Crippen molar-refractivity contribution in [1.82, 2.24) is 0 Å². The van der Waals surface area contributed by atoms with Crippen molar-refractivity contribution in [3.8, 4) is 11.5 Å². The molecule has 0 bridgehead atoms. The SMILES string of the molecule is CCOc1ccccc1OCC(=O)c1ccc(NC(=O)CC(C)C)cc1. The van der Waals surface area contributed by atoms with Crippen molar-refractivity contribution in [3.63, 3.8) is 0 Å². The third kappa shape index (κ3) is 5.92. The molecule has 0 saturated heterocycles. The zero-order valence-corrected chi connectivity index (χ0v) is 15.5. The summed E-state index contributed by atoms with van der Waals surface area (Å²) in [7, 11) is 0. The number of ether oxygens (including phenoxy) is 2. The van der Waals surface area contributed by atoms with E-state index in [1.54, 1.807) is 36.4 Å². The number of hydrogen-bond donors (Lipinski definition) is 1. The van der Waals surface area contributed by atoms with E-state index < -0.39 is 0 Å². The first-order chi connectivity index (χ1) is 12.5. The van der Waals surface area contributed by atoms with E-state index in [9.17, 15) is 9.59 Å². The molecule has 0 heterocycles. The Morgan fingerprint density at radius 1 is 0.962 bits per heavy atom. The lowest BCUT2D eigenvalue weighted by Gasteiger charge is -2.11. The average Bonchev–Trinajstić information content (AvgIpc) is 2.61. The predicted octanol–water partition coefficient (Wildman–Crippen LogP) is 4.33. The molecule has 0 radical (unpaired) electrons. The number of Topliss-reactive ketones (excluding diaryl/α,β-unsaturated/α-hetero) is 1. The third-order valence-corrected chi connectivity index (χ3v) is 3.59. The lowest BCUT2D eigenvalue weighted by atomic mass is 10.1. The minimum absolute atomic E-state index is 0.0325. The molecule has 0 aliphatic rings. The summed E-state index contributed by atoms with van der Waals surface area (Å²) < 4.78 is 11.1. The van der Waals surface area contributed by atoms with Gasteiger partial charge in [0.15, 0.2) is 23.9 Å². The zero-order valence-electron chi connectivity index (χ0n) is 15.5. The fourth-order valence-electron chi connectivity index (χ4n) is 2.39. The maximum absolute atomic E-state index is 12.3. The summed E-state index contributed by atoms with van der Waals surface area (Å²) in [5, 5.41) is 2.82. The van der Waals surface area contributed by atoms with Gasteiger partial charge in [-0.1, -0.05) is 26.0 Å². The van der Waals surface area contributed by atoms with Gasteiger partial charge in [-0.3, -0.25) is 9.59 Å². The highest BCUT2D eigenvalue weighted by Crippen LogP contribution is 2.26. The van der Waals surface area contributed by atoms with Gasteiger partial charge in [0, 0.05) is 17.7 Å². The molecule has 0 aliphatic carbocycles. The Kier molecular flexibility index (Phi) is 7.21. The van der Waals surface area contributed by atoms with Crippen LogP contribution in [0.1, 0.15) is 37.6 Å². The first-order valence-corrected chi connectivity index (χ1v) is 8.77. The van der Waals surface area contributed by atoms with Crippen LogP contribution in [0, 0.1) is 5.92 Å². The smallest absolute Gasteiger partial charge is 0.224 e. The van der Waals surface area contributed by atoms with E-state index in [4.69, 9.17) is 9.47 Å². The topological polar surface area (TPSA) is 64.6 Å². The number of benzene rings is 2. The molecule has 26 heavy (non-hydrogen) atoms. The predicted molar refractivity (Wildman–Crippen MR) is 102 cm³/mol. The molecule has 0 aliphatic heterocycles. The van der Waals surface area contributed by atoms with Crippen LogP contribution in [0.25, 0.3) is 0 Å². The van der Waals surface area contributed by atoms with Crippen LogP contribution in [0.15, 0.2) is 48.5 Å². The van der Waals surface area contributed by atoms with E-state index >= 15 is 0 Å². The van der Waals surface area contributed by atoms with Crippen molar-refractivity contribution in [3.05, 3.63) is 54.1 Å². The lowest BCUT2D eigenvalue weighted by molar-refractivity contribution is -0.116. The average molecular weight is 355 g/mol. The monoisotopic (exact) mass is 355 g/mol. The van der Waals surface area contributed by atoms with Gasteiger partial charge in [-0.05, 0) is 49.2 Å². The Balaban J connectivity index is 1.93. The van der Waals surface area contributed by atoms with Crippen molar-refractivity contribution in [2.45, 2.75) is 27.2 Å².